The van der Waals surface area contributed by atoms with Crippen LogP contribution in [0.4, 0.5) is 5.69 Å². The summed E-state index contributed by atoms with van der Waals surface area (Å²) < 4.78 is 5.74. The van der Waals surface area contributed by atoms with Crippen molar-refractivity contribution in [1.82, 2.24) is 0 Å². The normalized spacial score (nSPS) is 20.3. The van der Waals surface area contributed by atoms with Crippen molar-refractivity contribution in [3.8, 4) is 0 Å². The molecule has 1 heterocycles. The number of amidine groups is 1. The molecule has 104 valence electrons. The van der Waals surface area contributed by atoms with Crippen LogP contribution < -0.4 is 10.6 Å². The van der Waals surface area contributed by atoms with Crippen LogP contribution in [-0.2, 0) is 4.74 Å². The van der Waals surface area contributed by atoms with Crippen molar-refractivity contribution in [2.24, 2.45) is 10.9 Å². The zero-order valence-electron chi connectivity index (χ0n) is 11.2. The second-order valence-corrected chi connectivity index (χ2v) is 4.90. The molecule has 1 aliphatic heterocycles. The predicted molar refractivity (Wildman–Crippen MR) is 75.8 cm³/mol. The topological polar surface area (TPSA) is 71.1 Å². The number of benzene rings is 1. The van der Waals surface area contributed by atoms with Gasteiger partial charge in [-0.1, -0.05) is 5.16 Å². The zero-order valence-corrected chi connectivity index (χ0v) is 11.2. The highest BCUT2D eigenvalue weighted by molar-refractivity contribution is 5.97. The minimum atomic E-state index is 0.129. The van der Waals surface area contributed by atoms with Crippen LogP contribution in [0.5, 0.6) is 0 Å². The van der Waals surface area contributed by atoms with E-state index in [0.717, 1.165) is 25.3 Å². The van der Waals surface area contributed by atoms with Gasteiger partial charge in [-0.25, -0.2) is 0 Å². The molecule has 0 amide bonds. The van der Waals surface area contributed by atoms with Crippen LogP contribution in [0.3, 0.4) is 0 Å². The molecule has 0 aliphatic carbocycles. The van der Waals surface area contributed by atoms with E-state index in [1.807, 2.05) is 24.3 Å². The van der Waals surface area contributed by atoms with Crippen molar-refractivity contribution in [2.75, 3.05) is 25.1 Å². The number of ether oxygens (including phenoxy) is 1. The Morgan fingerprint density at radius 1 is 1.42 bits per heavy atom. The minimum Gasteiger partial charge on any atom is -0.409 e. The van der Waals surface area contributed by atoms with Gasteiger partial charge in [-0.2, -0.15) is 0 Å². The number of rotatable bonds is 4. The molecule has 5 nitrogen and oxygen atoms in total. The first-order chi connectivity index (χ1) is 9.20. The summed E-state index contributed by atoms with van der Waals surface area (Å²) in [6.45, 7) is 1.77. The number of oxime groups is 1. The summed E-state index contributed by atoms with van der Waals surface area (Å²) in [4.78, 5) is 2.17. The molecular formula is C14H21N3O2. The molecule has 3 N–H and O–H groups in total. The van der Waals surface area contributed by atoms with E-state index in [1.165, 1.54) is 12.8 Å². The number of anilines is 1. The quantitative estimate of drug-likeness (QED) is 0.376. The second kappa shape index (κ2) is 6.43. The first kappa shape index (κ1) is 13.7. The van der Waals surface area contributed by atoms with Crippen LogP contribution in [0, 0.1) is 0 Å². The van der Waals surface area contributed by atoms with Crippen molar-refractivity contribution in [3.63, 3.8) is 0 Å². The summed E-state index contributed by atoms with van der Waals surface area (Å²) in [5.74, 6) is 0.129. The Morgan fingerprint density at radius 3 is 2.74 bits per heavy atom. The van der Waals surface area contributed by atoms with Gasteiger partial charge in [0.15, 0.2) is 5.84 Å². The number of likely N-dealkylation sites (N-methyl/N-ethyl adjacent to an activating group) is 1. The van der Waals surface area contributed by atoms with Gasteiger partial charge in [0.25, 0.3) is 0 Å². The molecule has 5 heteroatoms. The Hall–Kier alpha value is -1.75. The van der Waals surface area contributed by atoms with Gasteiger partial charge in [0.05, 0.1) is 6.10 Å². The van der Waals surface area contributed by atoms with E-state index in [1.54, 1.807) is 0 Å². The Balaban J connectivity index is 1.96. The molecule has 19 heavy (non-hydrogen) atoms. The van der Waals surface area contributed by atoms with E-state index in [9.17, 15) is 0 Å². The van der Waals surface area contributed by atoms with Crippen LogP contribution in [0.1, 0.15) is 24.8 Å². The van der Waals surface area contributed by atoms with E-state index < -0.39 is 0 Å². The lowest BCUT2D eigenvalue weighted by atomic mass is 10.1. The van der Waals surface area contributed by atoms with Gasteiger partial charge in [0.1, 0.15) is 0 Å². The minimum absolute atomic E-state index is 0.129. The molecule has 1 fully saturated rings. The molecule has 0 spiro atoms. The predicted octanol–water partition coefficient (Wildman–Crippen LogP) is 1.79. The second-order valence-electron chi connectivity index (χ2n) is 4.90. The van der Waals surface area contributed by atoms with E-state index >= 15 is 0 Å². The van der Waals surface area contributed by atoms with Crippen molar-refractivity contribution in [1.29, 1.82) is 0 Å². The van der Waals surface area contributed by atoms with E-state index in [-0.39, 0.29) is 5.84 Å². The van der Waals surface area contributed by atoms with E-state index in [0.29, 0.717) is 11.7 Å². The third-order valence-corrected chi connectivity index (χ3v) is 3.46. The van der Waals surface area contributed by atoms with E-state index in [2.05, 4.69) is 17.1 Å². The average Bonchev–Trinajstić information content (AvgIpc) is 2.47. The molecule has 1 aromatic rings. The Kier molecular flexibility index (Phi) is 4.63. The largest absolute Gasteiger partial charge is 0.409 e. The number of hydrogen-bond acceptors (Lipinski definition) is 4. The average molecular weight is 263 g/mol. The lowest BCUT2D eigenvalue weighted by molar-refractivity contribution is 0.0216. The van der Waals surface area contributed by atoms with Crippen LogP contribution in [0.25, 0.3) is 0 Å². The van der Waals surface area contributed by atoms with Crippen molar-refractivity contribution >= 4 is 11.5 Å². The van der Waals surface area contributed by atoms with Gasteiger partial charge in [0, 0.05) is 31.5 Å². The molecule has 0 radical (unpaired) electrons. The summed E-state index contributed by atoms with van der Waals surface area (Å²) in [5.41, 5.74) is 7.35. The SMILES string of the molecule is CN(CC1CCCCO1)c1ccc(C(N)=NO)cc1. The first-order valence-corrected chi connectivity index (χ1v) is 6.61. The maximum absolute atomic E-state index is 8.62. The fourth-order valence-electron chi connectivity index (χ4n) is 2.31. The Labute approximate surface area is 113 Å². The molecule has 2 rings (SSSR count). The Bertz CT molecular complexity index is 425. The van der Waals surface area contributed by atoms with Gasteiger partial charge in [-0.05, 0) is 43.5 Å². The highest BCUT2D eigenvalue weighted by Crippen LogP contribution is 2.18. The molecule has 1 aromatic carbocycles. The third-order valence-electron chi connectivity index (χ3n) is 3.46. The highest BCUT2D eigenvalue weighted by Gasteiger charge is 2.16. The van der Waals surface area contributed by atoms with Crippen LogP contribution in [-0.4, -0.2) is 37.3 Å². The summed E-state index contributed by atoms with van der Waals surface area (Å²) in [6, 6.07) is 7.64. The maximum atomic E-state index is 8.62. The third kappa shape index (κ3) is 3.61. The van der Waals surface area contributed by atoms with Crippen LogP contribution in [0.15, 0.2) is 29.4 Å². The standard InChI is InChI=1S/C14H21N3O2/c1-17(10-13-4-2-3-9-19-13)12-7-5-11(6-8-12)14(15)16-18/h5-8,13,18H,2-4,9-10H2,1H3,(H2,15,16). The zero-order chi connectivity index (χ0) is 13.7. The lowest BCUT2D eigenvalue weighted by Gasteiger charge is -2.28. The fourth-order valence-corrected chi connectivity index (χ4v) is 2.31. The smallest absolute Gasteiger partial charge is 0.170 e. The summed E-state index contributed by atoms with van der Waals surface area (Å²) in [5, 5.41) is 11.6. The summed E-state index contributed by atoms with van der Waals surface area (Å²) in [7, 11) is 2.05. The molecule has 0 aromatic heterocycles. The first-order valence-electron chi connectivity index (χ1n) is 6.61. The van der Waals surface area contributed by atoms with Crippen molar-refractivity contribution in [2.45, 2.75) is 25.4 Å². The number of hydrogen-bond donors (Lipinski definition) is 2. The molecule has 1 unspecified atom stereocenters. The summed E-state index contributed by atoms with van der Waals surface area (Å²) in [6.07, 6.45) is 3.88. The highest BCUT2D eigenvalue weighted by atomic mass is 16.5. The molecular weight excluding hydrogens is 242 g/mol. The van der Waals surface area contributed by atoms with Crippen molar-refractivity contribution in [3.05, 3.63) is 29.8 Å². The molecule has 0 bridgehead atoms. The summed E-state index contributed by atoms with van der Waals surface area (Å²) >= 11 is 0. The number of nitrogens with two attached hydrogens (primary N) is 1. The van der Waals surface area contributed by atoms with E-state index in [4.69, 9.17) is 15.7 Å². The maximum Gasteiger partial charge on any atom is 0.170 e. The van der Waals surface area contributed by atoms with Crippen LogP contribution in [0.2, 0.25) is 0 Å². The fraction of sp³-hybridized carbons (Fsp3) is 0.500. The van der Waals surface area contributed by atoms with Gasteiger partial charge < -0.3 is 20.6 Å². The van der Waals surface area contributed by atoms with Gasteiger partial charge in [-0.3, -0.25) is 0 Å². The van der Waals surface area contributed by atoms with Gasteiger partial charge in [0.2, 0.25) is 0 Å². The monoisotopic (exact) mass is 263 g/mol. The number of nitrogens with zero attached hydrogens (tertiary/aromatic N) is 2. The molecule has 1 aliphatic rings. The van der Waals surface area contributed by atoms with Gasteiger partial charge in [-0.15, -0.1) is 0 Å². The van der Waals surface area contributed by atoms with Crippen molar-refractivity contribution < 1.29 is 9.94 Å². The molecule has 1 saturated heterocycles. The molecule has 1 atom stereocenters. The van der Waals surface area contributed by atoms with Gasteiger partial charge >= 0.3 is 0 Å². The lowest BCUT2D eigenvalue weighted by Crippen LogP contribution is -2.33. The molecule has 0 saturated carbocycles. The van der Waals surface area contributed by atoms with Crippen LogP contribution >= 0.6 is 0 Å². The Morgan fingerprint density at radius 2 is 2.16 bits per heavy atom.